The third kappa shape index (κ3) is 3.81. The van der Waals surface area contributed by atoms with E-state index in [0.29, 0.717) is 10.6 Å². The van der Waals surface area contributed by atoms with E-state index in [4.69, 9.17) is 11.6 Å². The number of rotatable bonds is 5. The van der Waals surface area contributed by atoms with Crippen LogP contribution in [-0.4, -0.2) is 17.3 Å². The highest BCUT2D eigenvalue weighted by Crippen LogP contribution is 2.47. The molecule has 4 nitrogen and oxygen atoms in total. The summed E-state index contributed by atoms with van der Waals surface area (Å²) in [5, 5.41) is 12.8. The van der Waals surface area contributed by atoms with Crippen molar-refractivity contribution in [2.75, 3.05) is 0 Å². The van der Waals surface area contributed by atoms with Crippen LogP contribution < -0.4 is 0 Å². The number of nitro groups is 1. The summed E-state index contributed by atoms with van der Waals surface area (Å²) in [5.41, 5.74) is 2.16. The SMILES string of the molecule is CC(C)[C@H]1C=C(C=O)[C@@H](c2ccccc2)[C@H]([N+](=O)[O-])[C@@H]1c1ccc(Cl)cc1. The molecule has 140 valence electrons. The van der Waals surface area contributed by atoms with Gasteiger partial charge >= 0.3 is 0 Å². The van der Waals surface area contributed by atoms with Crippen molar-refractivity contribution < 1.29 is 9.72 Å². The van der Waals surface area contributed by atoms with Crippen molar-refractivity contribution in [1.82, 2.24) is 0 Å². The molecule has 2 aromatic carbocycles. The molecule has 3 rings (SSSR count). The van der Waals surface area contributed by atoms with E-state index in [0.717, 1.165) is 17.4 Å². The maximum atomic E-state index is 12.3. The van der Waals surface area contributed by atoms with Gasteiger partial charge in [-0.05, 0) is 35.1 Å². The first-order valence-electron chi connectivity index (χ1n) is 9.04. The zero-order chi connectivity index (χ0) is 19.6. The molecular formula is C22H22ClNO3. The van der Waals surface area contributed by atoms with Gasteiger partial charge in [-0.25, -0.2) is 0 Å². The molecule has 0 amide bonds. The number of halogens is 1. The van der Waals surface area contributed by atoms with Crippen LogP contribution in [0.4, 0.5) is 0 Å². The van der Waals surface area contributed by atoms with E-state index in [1.807, 2.05) is 62.4 Å². The van der Waals surface area contributed by atoms with Crippen molar-refractivity contribution in [2.24, 2.45) is 11.8 Å². The Bertz CT molecular complexity index is 846. The Morgan fingerprint density at radius 1 is 1.04 bits per heavy atom. The first-order valence-corrected chi connectivity index (χ1v) is 9.42. The third-order valence-electron chi connectivity index (χ3n) is 5.43. The molecule has 0 bridgehead atoms. The van der Waals surface area contributed by atoms with Crippen LogP contribution in [0.25, 0.3) is 0 Å². The fraction of sp³-hybridized carbons (Fsp3) is 0.318. The Hall–Kier alpha value is -2.46. The van der Waals surface area contributed by atoms with Gasteiger partial charge in [-0.1, -0.05) is 74.0 Å². The van der Waals surface area contributed by atoms with E-state index in [2.05, 4.69) is 0 Å². The van der Waals surface area contributed by atoms with Gasteiger partial charge in [-0.3, -0.25) is 14.9 Å². The van der Waals surface area contributed by atoms with Crippen LogP contribution in [-0.2, 0) is 4.79 Å². The highest BCUT2D eigenvalue weighted by Gasteiger charge is 2.49. The van der Waals surface area contributed by atoms with Gasteiger partial charge in [0, 0.05) is 15.5 Å². The lowest BCUT2D eigenvalue weighted by molar-refractivity contribution is -0.532. The van der Waals surface area contributed by atoms with E-state index in [-0.39, 0.29) is 22.7 Å². The average molecular weight is 384 g/mol. The van der Waals surface area contributed by atoms with Crippen molar-refractivity contribution in [3.8, 4) is 0 Å². The molecule has 1 aliphatic rings. The number of carbonyl (C=O) groups is 1. The molecule has 0 fully saturated rings. The number of hydrogen-bond acceptors (Lipinski definition) is 3. The summed E-state index contributed by atoms with van der Waals surface area (Å²) in [6, 6.07) is 15.6. The highest BCUT2D eigenvalue weighted by atomic mass is 35.5. The van der Waals surface area contributed by atoms with Crippen LogP contribution in [0.3, 0.4) is 0 Å². The van der Waals surface area contributed by atoms with Gasteiger partial charge in [-0.2, -0.15) is 0 Å². The molecule has 0 aliphatic heterocycles. The molecular weight excluding hydrogens is 362 g/mol. The predicted octanol–water partition coefficient (Wildman–Crippen LogP) is 5.26. The summed E-state index contributed by atoms with van der Waals surface area (Å²) >= 11 is 6.03. The average Bonchev–Trinajstić information content (AvgIpc) is 2.67. The van der Waals surface area contributed by atoms with E-state index in [9.17, 15) is 14.9 Å². The lowest BCUT2D eigenvalue weighted by Crippen LogP contribution is -2.43. The van der Waals surface area contributed by atoms with E-state index >= 15 is 0 Å². The molecule has 0 spiro atoms. The molecule has 5 heteroatoms. The van der Waals surface area contributed by atoms with E-state index in [1.165, 1.54) is 0 Å². The molecule has 4 atom stereocenters. The number of hydrogen-bond donors (Lipinski definition) is 0. The van der Waals surface area contributed by atoms with Crippen LogP contribution in [0.1, 0.15) is 36.8 Å². The lowest BCUT2D eigenvalue weighted by Gasteiger charge is -2.38. The maximum Gasteiger partial charge on any atom is 0.231 e. The summed E-state index contributed by atoms with van der Waals surface area (Å²) in [7, 11) is 0. The quantitative estimate of drug-likeness (QED) is 0.401. The second-order valence-electron chi connectivity index (χ2n) is 7.35. The monoisotopic (exact) mass is 383 g/mol. The van der Waals surface area contributed by atoms with Crippen molar-refractivity contribution >= 4 is 17.9 Å². The Balaban J connectivity index is 2.22. The number of carbonyl (C=O) groups excluding carboxylic acids is 1. The minimum Gasteiger partial charge on any atom is -0.298 e. The molecule has 0 N–H and O–H groups in total. The molecule has 27 heavy (non-hydrogen) atoms. The lowest BCUT2D eigenvalue weighted by atomic mass is 9.64. The fourth-order valence-corrected chi connectivity index (χ4v) is 4.31. The van der Waals surface area contributed by atoms with Crippen LogP contribution in [0.2, 0.25) is 5.02 Å². The normalized spacial score (nSPS) is 25.1. The summed E-state index contributed by atoms with van der Waals surface area (Å²) in [4.78, 5) is 23.9. The minimum absolute atomic E-state index is 0.110. The number of nitrogens with zero attached hydrogens (tertiary/aromatic N) is 1. The van der Waals surface area contributed by atoms with Gasteiger partial charge in [0.25, 0.3) is 0 Å². The molecule has 0 saturated heterocycles. The van der Waals surface area contributed by atoms with Crippen LogP contribution in [0, 0.1) is 22.0 Å². The van der Waals surface area contributed by atoms with Gasteiger partial charge in [0.2, 0.25) is 6.04 Å². The first kappa shape index (κ1) is 19.3. The number of benzene rings is 2. The Morgan fingerprint density at radius 2 is 1.67 bits per heavy atom. The molecule has 0 radical (unpaired) electrons. The molecule has 0 saturated carbocycles. The first-order chi connectivity index (χ1) is 12.9. The van der Waals surface area contributed by atoms with Gasteiger partial charge < -0.3 is 0 Å². The molecule has 0 heterocycles. The van der Waals surface area contributed by atoms with Crippen molar-refractivity contribution in [3.63, 3.8) is 0 Å². The predicted molar refractivity (Wildman–Crippen MR) is 107 cm³/mol. The maximum absolute atomic E-state index is 12.3. The highest BCUT2D eigenvalue weighted by molar-refractivity contribution is 6.30. The summed E-state index contributed by atoms with van der Waals surface area (Å²) in [5.74, 6) is -0.873. The molecule has 0 aromatic heterocycles. The largest absolute Gasteiger partial charge is 0.298 e. The second-order valence-corrected chi connectivity index (χ2v) is 7.78. The smallest absolute Gasteiger partial charge is 0.231 e. The molecule has 0 unspecified atom stereocenters. The van der Waals surface area contributed by atoms with Gasteiger partial charge in [0.05, 0.1) is 11.8 Å². The van der Waals surface area contributed by atoms with E-state index in [1.54, 1.807) is 12.1 Å². The van der Waals surface area contributed by atoms with Crippen molar-refractivity contribution in [2.45, 2.75) is 31.7 Å². The van der Waals surface area contributed by atoms with E-state index < -0.39 is 12.0 Å². The van der Waals surface area contributed by atoms with Crippen LogP contribution >= 0.6 is 11.6 Å². The van der Waals surface area contributed by atoms with Gasteiger partial charge in [0.15, 0.2) is 0 Å². The van der Waals surface area contributed by atoms with Gasteiger partial charge in [-0.15, -0.1) is 0 Å². The third-order valence-corrected chi connectivity index (χ3v) is 5.68. The van der Waals surface area contributed by atoms with Crippen LogP contribution in [0.5, 0.6) is 0 Å². The van der Waals surface area contributed by atoms with Gasteiger partial charge in [0.1, 0.15) is 6.29 Å². The Labute approximate surface area is 164 Å². The zero-order valence-electron chi connectivity index (χ0n) is 15.3. The fourth-order valence-electron chi connectivity index (χ4n) is 4.19. The molecule has 2 aromatic rings. The van der Waals surface area contributed by atoms with Crippen molar-refractivity contribution in [1.29, 1.82) is 0 Å². The van der Waals surface area contributed by atoms with Crippen LogP contribution in [0.15, 0.2) is 66.2 Å². The summed E-state index contributed by atoms with van der Waals surface area (Å²) < 4.78 is 0. The number of aldehydes is 1. The standard InChI is InChI=1S/C22H22ClNO3/c1-14(2)19-12-17(13-25)20(15-6-4-3-5-7-15)22(24(26)27)21(19)16-8-10-18(23)11-9-16/h3-14,19-22H,1-2H3/t19-,20-,21-,22+/m1/s1. The Morgan fingerprint density at radius 3 is 2.19 bits per heavy atom. The van der Waals surface area contributed by atoms with Crippen molar-refractivity contribution in [3.05, 3.63) is 92.5 Å². The number of allylic oxidation sites excluding steroid dienone is 1. The molecule has 1 aliphatic carbocycles. The second kappa shape index (κ2) is 8.05. The summed E-state index contributed by atoms with van der Waals surface area (Å²) in [6.45, 7) is 4.07. The topological polar surface area (TPSA) is 60.2 Å². The minimum atomic E-state index is -0.925. The summed E-state index contributed by atoms with van der Waals surface area (Å²) in [6.07, 6.45) is 2.72. The Kier molecular flexibility index (Phi) is 5.76. The zero-order valence-corrected chi connectivity index (χ0v) is 16.0.